The molecule has 0 spiro atoms. The summed E-state index contributed by atoms with van der Waals surface area (Å²) in [7, 11) is 0. The van der Waals surface area contributed by atoms with Crippen molar-refractivity contribution >= 4 is 23.4 Å². The monoisotopic (exact) mass is 354 g/mol. The first-order valence-electron chi connectivity index (χ1n) is 9.44. The lowest BCUT2D eigenvalue weighted by Crippen LogP contribution is -2.37. The van der Waals surface area contributed by atoms with Crippen LogP contribution in [0.3, 0.4) is 0 Å². The third kappa shape index (κ3) is 2.83. The molecule has 2 unspecified atom stereocenters. The Morgan fingerprint density at radius 2 is 1.62 bits per heavy atom. The third-order valence-corrected chi connectivity index (χ3v) is 6.10. The average molecular weight is 354 g/mol. The maximum absolute atomic E-state index is 13.1. The fourth-order valence-corrected chi connectivity index (χ4v) is 5.48. The lowest BCUT2D eigenvalue weighted by Gasteiger charge is -2.39. The van der Waals surface area contributed by atoms with Crippen molar-refractivity contribution < 1.29 is 14.4 Å². The summed E-state index contributed by atoms with van der Waals surface area (Å²) in [4.78, 5) is 40.1. The van der Waals surface area contributed by atoms with Crippen LogP contribution in [-0.2, 0) is 9.59 Å². The van der Waals surface area contributed by atoms with Crippen molar-refractivity contribution in [1.29, 1.82) is 0 Å². The number of amides is 3. The molecule has 138 valence electrons. The van der Waals surface area contributed by atoms with E-state index in [1.165, 1.54) is 4.90 Å². The summed E-state index contributed by atoms with van der Waals surface area (Å²) in [6.07, 6.45) is 3.81. The van der Waals surface area contributed by atoms with Crippen LogP contribution in [-0.4, -0.2) is 35.2 Å². The minimum Gasteiger partial charge on any atom is -0.335 e. The second kappa shape index (κ2) is 5.66. The Labute approximate surface area is 154 Å². The molecular formula is C21H26N2O3. The number of imide groups is 1. The minimum absolute atomic E-state index is 0.0575. The molecular weight excluding hydrogens is 328 g/mol. The van der Waals surface area contributed by atoms with Crippen molar-refractivity contribution in [3.63, 3.8) is 0 Å². The summed E-state index contributed by atoms with van der Waals surface area (Å²) >= 11 is 0. The zero-order valence-corrected chi connectivity index (χ0v) is 15.7. The van der Waals surface area contributed by atoms with Crippen molar-refractivity contribution in [2.45, 2.75) is 58.9 Å². The lowest BCUT2D eigenvalue weighted by molar-refractivity contribution is -0.121. The topological polar surface area (TPSA) is 57.7 Å². The first-order valence-corrected chi connectivity index (χ1v) is 9.44. The summed E-state index contributed by atoms with van der Waals surface area (Å²) in [6, 6.07) is 7.21. The van der Waals surface area contributed by atoms with E-state index in [4.69, 9.17) is 0 Å². The molecule has 0 radical (unpaired) electrons. The quantitative estimate of drug-likeness (QED) is 0.765. The highest BCUT2D eigenvalue weighted by Gasteiger charge is 2.51. The van der Waals surface area contributed by atoms with Crippen molar-refractivity contribution in [1.82, 2.24) is 4.90 Å². The van der Waals surface area contributed by atoms with E-state index in [0.717, 1.165) is 25.8 Å². The van der Waals surface area contributed by atoms with Crippen LogP contribution in [0.15, 0.2) is 24.3 Å². The van der Waals surface area contributed by atoms with Gasteiger partial charge in [0.05, 0.1) is 5.69 Å². The van der Waals surface area contributed by atoms with Crippen molar-refractivity contribution in [2.24, 2.45) is 10.8 Å². The first kappa shape index (κ1) is 17.3. The maximum Gasteiger partial charge on any atom is 0.254 e. The number of carbonyl (C=O) groups excluding carboxylic acids is 3. The predicted octanol–water partition coefficient (Wildman–Crippen LogP) is 3.38. The zero-order chi connectivity index (χ0) is 18.7. The van der Waals surface area contributed by atoms with E-state index in [9.17, 15) is 14.4 Å². The van der Waals surface area contributed by atoms with E-state index in [0.29, 0.717) is 17.3 Å². The number of likely N-dealkylation sites (tertiary alicyclic amines) is 1. The van der Waals surface area contributed by atoms with Gasteiger partial charge in [0.1, 0.15) is 0 Å². The molecule has 3 amide bonds. The SMILES string of the molecule is CC1(C)CC2CC(C)(CN2C(=O)c2ccc(N3C(=O)CCC3=O)cc2)C1. The molecule has 5 heteroatoms. The number of hydrogen-bond acceptors (Lipinski definition) is 3. The number of nitrogens with zero attached hydrogens (tertiary/aromatic N) is 2. The largest absolute Gasteiger partial charge is 0.335 e. The molecule has 1 aromatic carbocycles. The van der Waals surface area contributed by atoms with E-state index in [1.54, 1.807) is 24.3 Å². The highest BCUT2D eigenvalue weighted by Crippen LogP contribution is 2.52. The number of hydrogen-bond donors (Lipinski definition) is 0. The van der Waals surface area contributed by atoms with Gasteiger partial charge in [-0.2, -0.15) is 0 Å². The van der Waals surface area contributed by atoms with Crippen molar-refractivity contribution in [3.8, 4) is 0 Å². The molecule has 3 aliphatic rings. The first-order chi connectivity index (χ1) is 12.2. The summed E-state index contributed by atoms with van der Waals surface area (Å²) in [6.45, 7) is 7.70. The molecule has 2 heterocycles. The van der Waals surface area contributed by atoms with Crippen LogP contribution in [0, 0.1) is 10.8 Å². The van der Waals surface area contributed by atoms with Crippen LogP contribution in [0.5, 0.6) is 0 Å². The minimum atomic E-state index is -0.169. The molecule has 3 fully saturated rings. The van der Waals surface area contributed by atoms with Gasteiger partial charge in [-0.15, -0.1) is 0 Å². The summed E-state index contributed by atoms with van der Waals surface area (Å²) in [5.41, 5.74) is 1.66. The molecule has 1 aromatic rings. The van der Waals surface area contributed by atoms with Crippen molar-refractivity contribution in [2.75, 3.05) is 11.4 Å². The molecule has 1 aliphatic carbocycles. The molecule has 0 N–H and O–H groups in total. The van der Waals surface area contributed by atoms with E-state index >= 15 is 0 Å². The number of benzene rings is 1. The Kier molecular flexibility index (Phi) is 3.76. The summed E-state index contributed by atoms with van der Waals surface area (Å²) < 4.78 is 0. The normalized spacial score (nSPS) is 30.2. The molecule has 0 aromatic heterocycles. The van der Waals surface area contributed by atoms with Gasteiger partial charge in [-0.05, 0) is 54.4 Å². The number of anilines is 1. The van der Waals surface area contributed by atoms with Gasteiger partial charge in [0.2, 0.25) is 11.8 Å². The third-order valence-electron chi connectivity index (χ3n) is 6.10. The van der Waals surface area contributed by atoms with E-state index in [2.05, 4.69) is 20.8 Å². The predicted molar refractivity (Wildman–Crippen MR) is 98.7 cm³/mol. The van der Waals surface area contributed by atoms with Gasteiger partial charge in [0.15, 0.2) is 0 Å². The van der Waals surface area contributed by atoms with Crippen LogP contribution in [0.1, 0.15) is 63.2 Å². The lowest BCUT2D eigenvalue weighted by atomic mass is 9.65. The number of fused-ring (bicyclic) bond motifs is 2. The molecule has 1 saturated carbocycles. The highest BCUT2D eigenvalue weighted by atomic mass is 16.2. The van der Waals surface area contributed by atoms with Crippen LogP contribution < -0.4 is 4.90 Å². The maximum atomic E-state index is 13.1. The Balaban J connectivity index is 1.54. The Morgan fingerprint density at radius 1 is 1.00 bits per heavy atom. The fourth-order valence-electron chi connectivity index (χ4n) is 5.48. The Hall–Kier alpha value is -2.17. The molecule has 5 nitrogen and oxygen atoms in total. The molecule has 2 saturated heterocycles. The Morgan fingerprint density at radius 3 is 2.23 bits per heavy atom. The second-order valence-electron chi connectivity index (χ2n) is 9.32. The number of carbonyl (C=O) groups is 3. The molecule has 4 rings (SSSR count). The van der Waals surface area contributed by atoms with E-state index < -0.39 is 0 Å². The van der Waals surface area contributed by atoms with Gasteiger partial charge in [-0.25, -0.2) is 0 Å². The molecule has 26 heavy (non-hydrogen) atoms. The van der Waals surface area contributed by atoms with E-state index in [1.807, 2.05) is 4.90 Å². The van der Waals surface area contributed by atoms with Gasteiger partial charge in [0.25, 0.3) is 5.91 Å². The van der Waals surface area contributed by atoms with Crippen LogP contribution in [0.2, 0.25) is 0 Å². The molecule has 2 bridgehead atoms. The average Bonchev–Trinajstić information content (AvgIpc) is 3.01. The van der Waals surface area contributed by atoms with Crippen LogP contribution >= 0.6 is 0 Å². The summed E-state index contributed by atoms with van der Waals surface area (Å²) in [5, 5.41) is 0. The van der Waals surface area contributed by atoms with Gasteiger partial charge in [0, 0.05) is 31.0 Å². The Bertz CT molecular complexity index is 767. The smallest absolute Gasteiger partial charge is 0.254 e. The standard InChI is InChI=1S/C21H26N2O3/c1-20(2)10-16-11-21(3,12-20)13-22(16)19(26)14-4-6-15(7-5-14)23-17(24)8-9-18(23)25/h4-7,16H,8-13H2,1-3H3. The van der Waals surface area contributed by atoms with Crippen molar-refractivity contribution in [3.05, 3.63) is 29.8 Å². The zero-order valence-electron chi connectivity index (χ0n) is 15.7. The second-order valence-corrected chi connectivity index (χ2v) is 9.32. The van der Waals surface area contributed by atoms with Gasteiger partial charge in [-0.1, -0.05) is 20.8 Å². The van der Waals surface area contributed by atoms with Gasteiger partial charge in [-0.3, -0.25) is 19.3 Å². The van der Waals surface area contributed by atoms with E-state index in [-0.39, 0.29) is 41.4 Å². The number of rotatable bonds is 2. The van der Waals surface area contributed by atoms with Crippen LogP contribution in [0.25, 0.3) is 0 Å². The van der Waals surface area contributed by atoms with Gasteiger partial charge < -0.3 is 4.90 Å². The summed E-state index contributed by atoms with van der Waals surface area (Å²) in [5.74, 6) is -0.280. The van der Waals surface area contributed by atoms with Gasteiger partial charge >= 0.3 is 0 Å². The van der Waals surface area contributed by atoms with Crippen LogP contribution in [0.4, 0.5) is 5.69 Å². The highest BCUT2D eigenvalue weighted by molar-refractivity contribution is 6.19. The molecule has 2 atom stereocenters. The fraction of sp³-hybridized carbons (Fsp3) is 0.571. The molecule has 2 aliphatic heterocycles.